The molecule has 1 saturated carbocycles. The van der Waals surface area contributed by atoms with Gasteiger partial charge in [-0.1, -0.05) is 6.07 Å². The summed E-state index contributed by atoms with van der Waals surface area (Å²) in [4.78, 5) is 12.2. The highest BCUT2D eigenvalue weighted by Gasteiger charge is 2.32. The van der Waals surface area contributed by atoms with E-state index in [9.17, 15) is 13.2 Å². The van der Waals surface area contributed by atoms with Gasteiger partial charge in [-0.3, -0.25) is 9.10 Å². The SMILES string of the molecule is Cc1cc(C)cc(N([C@H](C)C(=O)NC2CC2)S(C)(=O)=O)c1. The van der Waals surface area contributed by atoms with Crippen molar-refractivity contribution in [3.05, 3.63) is 29.3 Å². The molecular formula is C15H22N2O3S. The molecule has 1 aromatic carbocycles. The van der Waals surface area contributed by atoms with Crippen LogP contribution < -0.4 is 9.62 Å². The number of nitrogens with one attached hydrogen (secondary N) is 1. The van der Waals surface area contributed by atoms with Crippen LogP contribution in [0.2, 0.25) is 0 Å². The van der Waals surface area contributed by atoms with Gasteiger partial charge in [-0.25, -0.2) is 8.42 Å². The Labute approximate surface area is 126 Å². The maximum absolute atomic E-state index is 12.2. The zero-order valence-corrected chi connectivity index (χ0v) is 13.7. The Morgan fingerprint density at radius 1 is 1.24 bits per heavy atom. The third-order valence-corrected chi connectivity index (χ3v) is 4.71. The number of sulfonamides is 1. The quantitative estimate of drug-likeness (QED) is 0.901. The smallest absolute Gasteiger partial charge is 0.243 e. The number of rotatable bonds is 5. The summed E-state index contributed by atoms with van der Waals surface area (Å²) in [7, 11) is -3.54. The summed E-state index contributed by atoms with van der Waals surface area (Å²) in [6.45, 7) is 5.44. The number of aryl methyl sites for hydroxylation is 2. The molecule has 21 heavy (non-hydrogen) atoms. The molecule has 1 amide bonds. The van der Waals surface area contributed by atoms with Crippen molar-refractivity contribution in [2.24, 2.45) is 0 Å². The minimum absolute atomic E-state index is 0.209. The van der Waals surface area contributed by atoms with Gasteiger partial charge in [-0.15, -0.1) is 0 Å². The fraction of sp³-hybridized carbons (Fsp3) is 0.533. The van der Waals surface area contributed by atoms with Crippen LogP contribution in [0.1, 0.15) is 30.9 Å². The Morgan fingerprint density at radius 3 is 2.19 bits per heavy atom. The standard InChI is InChI=1S/C15H22N2O3S/c1-10-7-11(2)9-14(8-10)17(21(4,19)20)12(3)15(18)16-13-5-6-13/h7-9,12-13H,5-6H2,1-4H3,(H,16,18)/t12-/m1/s1. The van der Waals surface area contributed by atoms with Gasteiger partial charge in [0.15, 0.2) is 0 Å². The second-order valence-corrected chi connectivity index (χ2v) is 7.72. The molecule has 1 atom stereocenters. The Kier molecular flexibility index (Phi) is 4.27. The first-order valence-corrected chi connectivity index (χ1v) is 8.91. The highest BCUT2D eigenvalue weighted by molar-refractivity contribution is 7.92. The van der Waals surface area contributed by atoms with Crippen LogP contribution in [0.15, 0.2) is 18.2 Å². The average molecular weight is 310 g/mol. The highest BCUT2D eigenvalue weighted by atomic mass is 32.2. The molecule has 1 aromatic rings. The van der Waals surface area contributed by atoms with Crippen molar-refractivity contribution >= 4 is 21.6 Å². The highest BCUT2D eigenvalue weighted by Crippen LogP contribution is 2.25. The molecule has 1 N–H and O–H groups in total. The summed E-state index contributed by atoms with van der Waals surface area (Å²) in [6, 6.07) is 4.99. The van der Waals surface area contributed by atoms with Crippen LogP contribution in [0.3, 0.4) is 0 Å². The molecule has 0 saturated heterocycles. The molecule has 1 aliphatic carbocycles. The first-order valence-electron chi connectivity index (χ1n) is 7.06. The fourth-order valence-electron chi connectivity index (χ4n) is 2.44. The van der Waals surface area contributed by atoms with Gasteiger partial charge in [0.1, 0.15) is 6.04 Å². The van der Waals surface area contributed by atoms with E-state index in [4.69, 9.17) is 0 Å². The number of carbonyl (C=O) groups is 1. The average Bonchev–Trinajstić information content (AvgIpc) is 3.09. The number of nitrogens with zero attached hydrogens (tertiary/aromatic N) is 1. The molecule has 0 aromatic heterocycles. The fourth-order valence-corrected chi connectivity index (χ4v) is 3.59. The van der Waals surface area contributed by atoms with Crippen LogP contribution in [0.25, 0.3) is 0 Å². The zero-order chi connectivity index (χ0) is 15.8. The lowest BCUT2D eigenvalue weighted by Crippen LogP contribution is -2.48. The van der Waals surface area contributed by atoms with Gasteiger partial charge in [0.05, 0.1) is 11.9 Å². The van der Waals surface area contributed by atoms with Crippen LogP contribution in [-0.4, -0.2) is 32.7 Å². The first kappa shape index (κ1) is 15.8. The number of hydrogen-bond donors (Lipinski definition) is 1. The summed E-state index contributed by atoms with van der Waals surface area (Å²) in [5.74, 6) is -0.248. The van der Waals surface area contributed by atoms with E-state index in [1.807, 2.05) is 19.9 Å². The van der Waals surface area contributed by atoms with Crippen molar-refractivity contribution in [2.45, 2.75) is 45.7 Å². The zero-order valence-electron chi connectivity index (χ0n) is 12.9. The molecule has 1 fully saturated rings. The maximum Gasteiger partial charge on any atom is 0.243 e. The number of benzene rings is 1. The maximum atomic E-state index is 12.2. The van der Waals surface area contributed by atoms with Gasteiger partial charge in [0.25, 0.3) is 0 Å². The normalized spacial score (nSPS) is 16.4. The summed E-state index contributed by atoms with van der Waals surface area (Å²) < 4.78 is 25.5. The second-order valence-electron chi connectivity index (χ2n) is 5.86. The largest absolute Gasteiger partial charge is 0.352 e. The monoisotopic (exact) mass is 310 g/mol. The topological polar surface area (TPSA) is 66.5 Å². The first-order chi connectivity index (χ1) is 9.68. The van der Waals surface area contributed by atoms with Crippen molar-refractivity contribution in [1.82, 2.24) is 5.32 Å². The molecule has 0 unspecified atom stereocenters. The minimum Gasteiger partial charge on any atom is -0.352 e. The molecule has 2 rings (SSSR count). The van der Waals surface area contributed by atoms with E-state index in [1.54, 1.807) is 19.1 Å². The van der Waals surface area contributed by atoms with Crippen LogP contribution >= 0.6 is 0 Å². The van der Waals surface area contributed by atoms with Crippen LogP contribution in [0.4, 0.5) is 5.69 Å². The van der Waals surface area contributed by atoms with Crippen LogP contribution in [0, 0.1) is 13.8 Å². The summed E-state index contributed by atoms with van der Waals surface area (Å²) >= 11 is 0. The molecule has 0 heterocycles. The Bertz CT molecular complexity index is 631. The van der Waals surface area contributed by atoms with Gasteiger partial charge in [0.2, 0.25) is 15.9 Å². The predicted molar refractivity (Wildman–Crippen MR) is 83.9 cm³/mol. The minimum atomic E-state index is -3.54. The Balaban J connectivity index is 2.35. The molecule has 0 radical (unpaired) electrons. The molecule has 5 nitrogen and oxygen atoms in total. The van der Waals surface area contributed by atoms with E-state index < -0.39 is 16.1 Å². The molecule has 0 spiro atoms. The van der Waals surface area contributed by atoms with Gasteiger partial charge in [-0.05, 0) is 56.9 Å². The third-order valence-electron chi connectivity index (χ3n) is 3.47. The van der Waals surface area contributed by atoms with Crippen molar-refractivity contribution in [3.8, 4) is 0 Å². The molecular weight excluding hydrogens is 288 g/mol. The second kappa shape index (κ2) is 5.67. The summed E-state index contributed by atoms with van der Waals surface area (Å²) in [6.07, 6.45) is 3.08. The lowest BCUT2D eigenvalue weighted by molar-refractivity contribution is -0.121. The Hall–Kier alpha value is -1.56. The molecule has 0 aliphatic heterocycles. The molecule has 6 heteroatoms. The molecule has 116 valence electrons. The van der Waals surface area contributed by atoms with E-state index in [-0.39, 0.29) is 11.9 Å². The molecule has 1 aliphatic rings. The van der Waals surface area contributed by atoms with Crippen LogP contribution in [-0.2, 0) is 14.8 Å². The number of hydrogen-bond acceptors (Lipinski definition) is 3. The number of anilines is 1. The summed E-state index contributed by atoms with van der Waals surface area (Å²) in [5.41, 5.74) is 2.47. The van der Waals surface area contributed by atoms with Crippen molar-refractivity contribution < 1.29 is 13.2 Å². The van der Waals surface area contributed by atoms with Crippen molar-refractivity contribution in [1.29, 1.82) is 0 Å². The van der Waals surface area contributed by atoms with Gasteiger partial charge in [-0.2, -0.15) is 0 Å². The van der Waals surface area contributed by atoms with Crippen LogP contribution in [0.5, 0.6) is 0 Å². The summed E-state index contributed by atoms with van der Waals surface area (Å²) in [5, 5.41) is 2.86. The van der Waals surface area contributed by atoms with Crippen molar-refractivity contribution in [3.63, 3.8) is 0 Å². The molecule has 0 bridgehead atoms. The van der Waals surface area contributed by atoms with Gasteiger partial charge >= 0.3 is 0 Å². The lowest BCUT2D eigenvalue weighted by Gasteiger charge is -2.28. The Morgan fingerprint density at radius 2 is 1.76 bits per heavy atom. The predicted octanol–water partition coefficient (Wildman–Crippen LogP) is 1.74. The number of carbonyl (C=O) groups excluding carboxylic acids is 1. The van der Waals surface area contributed by atoms with E-state index in [1.165, 1.54) is 4.31 Å². The van der Waals surface area contributed by atoms with E-state index in [0.717, 1.165) is 30.2 Å². The van der Waals surface area contributed by atoms with E-state index in [0.29, 0.717) is 5.69 Å². The van der Waals surface area contributed by atoms with Crippen molar-refractivity contribution in [2.75, 3.05) is 10.6 Å². The van der Waals surface area contributed by atoms with Gasteiger partial charge < -0.3 is 5.32 Å². The van der Waals surface area contributed by atoms with E-state index in [2.05, 4.69) is 5.32 Å². The van der Waals surface area contributed by atoms with Gasteiger partial charge in [0, 0.05) is 6.04 Å². The lowest BCUT2D eigenvalue weighted by atomic mass is 10.1. The third kappa shape index (κ3) is 3.97. The van der Waals surface area contributed by atoms with E-state index >= 15 is 0 Å². The number of amides is 1.